The summed E-state index contributed by atoms with van der Waals surface area (Å²) in [6.45, 7) is 5.79. The fourth-order valence-electron chi connectivity index (χ4n) is 4.44. The molecule has 0 N–H and O–H groups in total. The van der Waals surface area contributed by atoms with Crippen molar-refractivity contribution >= 4 is 23.3 Å². The third-order valence-corrected chi connectivity index (χ3v) is 6.61. The molecule has 0 amide bonds. The zero-order valence-electron chi connectivity index (χ0n) is 18.3. The van der Waals surface area contributed by atoms with Crippen LogP contribution in [0.2, 0.25) is 0 Å². The van der Waals surface area contributed by atoms with Crippen molar-refractivity contribution in [2.45, 2.75) is 39.2 Å². The first-order valence-electron chi connectivity index (χ1n) is 11.3. The summed E-state index contributed by atoms with van der Waals surface area (Å²) in [6, 6.07) is 3.54. The summed E-state index contributed by atoms with van der Waals surface area (Å²) >= 11 is 0. The van der Waals surface area contributed by atoms with E-state index in [2.05, 4.69) is 25.8 Å². The molecule has 5 rings (SSSR count). The van der Waals surface area contributed by atoms with Gasteiger partial charge in [-0.2, -0.15) is 0 Å². The van der Waals surface area contributed by atoms with Gasteiger partial charge in [-0.15, -0.1) is 0 Å². The largest absolute Gasteiger partial charge is 0.368 e. The second kappa shape index (κ2) is 8.54. The van der Waals surface area contributed by atoms with Gasteiger partial charge in [0.15, 0.2) is 17.4 Å². The zero-order valence-corrected chi connectivity index (χ0v) is 18.3. The number of piperazine rings is 1. The van der Waals surface area contributed by atoms with Gasteiger partial charge >= 0.3 is 0 Å². The van der Waals surface area contributed by atoms with Crippen LogP contribution in [0, 0.1) is 11.7 Å². The lowest BCUT2D eigenvalue weighted by Crippen LogP contribution is -2.46. The smallest absolute Gasteiger partial charge is 0.184 e. The van der Waals surface area contributed by atoms with Crippen LogP contribution in [-0.2, 0) is 17.8 Å². The molecule has 0 aromatic carbocycles. The lowest BCUT2D eigenvalue weighted by atomic mass is 9.94. The van der Waals surface area contributed by atoms with Crippen LogP contribution in [-0.4, -0.2) is 52.6 Å². The minimum absolute atomic E-state index is 0.0253. The van der Waals surface area contributed by atoms with E-state index in [9.17, 15) is 14.0 Å². The molecule has 0 bridgehead atoms. The number of hydrogen-bond acceptors (Lipinski definition) is 6. The monoisotopic (exact) mass is 434 g/mol. The highest BCUT2D eigenvalue weighted by molar-refractivity contribution is 6.02. The minimum Gasteiger partial charge on any atom is -0.368 e. The van der Waals surface area contributed by atoms with Crippen molar-refractivity contribution in [2.75, 3.05) is 31.1 Å². The van der Waals surface area contributed by atoms with E-state index in [4.69, 9.17) is 0 Å². The first kappa shape index (κ1) is 20.9. The Morgan fingerprint density at radius 3 is 2.62 bits per heavy atom. The van der Waals surface area contributed by atoms with Crippen LogP contribution in [0.25, 0.3) is 6.08 Å². The van der Waals surface area contributed by atoms with E-state index >= 15 is 0 Å². The molecule has 7 heteroatoms. The molecule has 32 heavy (non-hydrogen) atoms. The molecule has 3 heterocycles. The first-order chi connectivity index (χ1) is 15.5. The quantitative estimate of drug-likeness (QED) is 0.649. The van der Waals surface area contributed by atoms with Crippen molar-refractivity contribution in [3.05, 3.63) is 58.4 Å². The molecule has 2 aromatic rings. The van der Waals surface area contributed by atoms with Crippen molar-refractivity contribution in [1.29, 1.82) is 0 Å². The average molecular weight is 435 g/mol. The maximum Gasteiger partial charge on any atom is 0.184 e. The topological polar surface area (TPSA) is 66.4 Å². The fraction of sp³-hybridized carbons (Fsp3) is 0.440. The Kier molecular flexibility index (Phi) is 5.59. The van der Waals surface area contributed by atoms with Crippen LogP contribution >= 0.6 is 0 Å². The maximum absolute atomic E-state index is 14.5. The number of pyridine rings is 2. The number of ketones is 2. The van der Waals surface area contributed by atoms with Gasteiger partial charge in [-0.3, -0.25) is 19.5 Å². The van der Waals surface area contributed by atoms with Gasteiger partial charge in [0.2, 0.25) is 0 Å². The molecular weight excluding hydrogens is 407 g/mol. The van der Waals surface area contributed by atoms with E-state index < -0.39 is 5.82 Å². The van der Waals surface area contributed by atoms with E-state index in [1.807, 2.05) is 19.2 Å². The molecule has 2 fully saturated rings. The Morgan fingerprint density at radius 1 is 1.12 bits per heavy atom. The van der Waals surface area contributed by atoms with E-state index in [-0.39, 0.29) is 17.3 Å². The predicted molar refractivity (Wildman–Crippen MR) is 120 cm³/mol. The van der Waals surface area contributed by atoms with Crippen LogP contribution in [0.3, 0.4) is 0 Å². The number of carbonyl (C=O) groups is 2. The van der Waals surface area contributed by atoms with E-state index in [0.29, 0.717) is 18.8 Å². The zero-order chi connectivity index (χ0) is 22.2. The summed E-state index contributed by atoms with van der Waals surface area (Å²) in [5.41, 5.74) is 4.45. The molecule has 0 radical (unpaired) electrons. The Bertz CT molecular complexity index is 1100. The maximum atomic E-state index is 14.5. The summed E-state index contributed by atoms with van der Waals surface area (Å²) in [5.74, 6) is -0.129. The molecule has 1 saturated carbocycles. The van der Waals surface area contributed by atoms with Crippen LogP contribution in [0.5, 0.6) is 0 Å². The number of anilines is 1. The summed E-state index contributed by atoms with van der Waals surface area (Å²) in [5, 5.41) is 0. The van der Waals surface area contributed by atoms with Crippen LogP contribution < -0.4 is 4.90 Å². The Labute approximate surface area is 187 Å². The SMILES string of the molecule is CC1=Cc2ncc(CN3CCN(c4cnc(C(=O)CC5CC5)c(F)c4)CC3)cc2CC1=O. The first-order valence-corrected chi connectivity index (χ1v) is 11.3. The number of hydrogen-bond donors (Lipinski definition) is 0. The Balaban J connectivity index is 1.19. The highest BCUT2D eigenvalue weighted by Crippen LogP contribution is 2.33. The molecular formula is C25H27FN4O2. The molecule has 2 aliphatic carbocycles. The Morgan fingerprint density at radius 2 is 1.91 bits per heavy atom. The number of nitrogens with zero attached hydrogens (tertiary/aromatic N) is 4. The summed E-state index contributed by atoms with van der Waals surface area (Å²) < 4.78 is 14.5. The van der Waals surface area contributed by atoms with Gasteiger partial charge in [-0.05, 0) is 48.5 Å². The molecule has 1 aliphatic heterocycles. The van der Waals surface area contributed by atoms with Crippen LogP contribution in [0.1, 0.15) is 53.5 Å². The highest BCUT2D eigenvalue weighted by Gasteiger charge is 2.27. The second-order valence-electron chi connectivity index (χ2n) is 9.17. The molecule has 6 nitrogen and oxygen atoms in total. The van der Waals surface area contributed by atoms with Crippen molar-refractivity contribution in [1.82, 2.24) is 14.9 Å². The standard InChI is InChI=1S/C25H27FN4O2/c1-16-8-22-19(11-23(16)31)9-18(13-27-22)15-29-4-6-30(7-5-29)20-12-21(26)25(28-14-20)24(32)10-17-2-3-17/h8-9,12-14,17H,2-7,10-11,15H2,1H3. The Hall–Kier alpha value is -2.93. The minimum atomic E-state index is -0.519. The third kappa shape index (κ3) is 4.48. The van der Waals surface area contributed by atoms with E-state index in [1.54, 1.807) is 6.20 Å². The highest BCUT2D eigenvalue weighted by atomic mass is 19.1. The average Bonchev–Trinajstić information content (AvgIpc) is 3.59. The van der Waals surface area contributed by atoms with E-state index in [0.717, 1.165) is 73.6 Å². The second-order valence-corrected chi connectivity index (χ2v) is 9.17. The number of aromatic nitrogens is 2. The normalized spacial score (nSPS) is 19.0. The summed E-state index contributed by atoms with van der Waals surface area (Å²) in [7, 11) is 0. The number of rotatable bonds is 6. The van der Waals surface area contributed by atoms with Gasteiger partial charge in [0, 0.05) is 57.8 Å². The predicted octanol–water partition coefficient (Wildman–Crippen LogP) is 3.45. The number of fused-ring (bicyclic) bond motifs is 1. The van der Waals surface area contributed by atoms with Gasteiger partial charge in [0.25, 0.3) is 0 Å². The molecule has 0 spiro atoms. The summed E-state index contributed by atoms with van der Waals surface area (Å²) in [4.78, 5) is 37.3. The van der Waals surface area contributed by atoms with Gasteiger partial charge < -0.3 is 4.90 Å². The summed E-state index contributed by atoms with van der Waals surface area (Å²) in [6.07, 6.45) is 8.33. The molecule has 2 aromatic heterocycles. The lowest BCUT2D eigenvalue weighted by Gasteiger charge is -2.36. The lowest BCUT2D eigenvalue weighted by molar-refractivity contribution is -0.114. The van der Waals surface area contributed by atoms with Crippen molar-refractivity contribution in [3.63, 3.8) is 0 Å². The molecule has 1 saturated heterocycles. The van der Waals surface area contributed by atoms with Crippen LogP contribution in [0.15, 0.2) is 30.1 Å². The number of carbonyl (C=O) groups excluding carboxylic acids is 2. The number of Topliss-reactive ketones (excluding diaryl/α,β-unsaturated/α-hetero) is 2. The molecule has 166 valence electrons. The van der Waals surface area contributed by atoms with Crippen molar-refractivity contribution < 1.29 is 14.0 Å². The van der Waals surface area contributed by atoms with Crippen molar-refractivity contribution in [3.8, 4) is 0 Å². The van der Waals surface area contributed by atoms with Gasteiger partial charge in [-0.1, -0.05) is 6.07 Å². The fourth-order valence-corrected chi connectivity index (χ4v) is 4.44. The van der Waals surface area contributed by atoms with Gasteiger partial charge in [-0.25, -0.2) is 9.37 Å². The van der Waals surface area contributed by atoms with Crippen molar-refractivity contribution in [2.24, 2.45) is 5.92 Å². The third-order valence-electron chi connectivity index (χ3n) is 6.61. The molecule has 3 aliphatic rings. The molecule has 0 unspecified atom stereocenters. The van der Waals surface area contributed by atoms with Gasteiger partial charge in [0.05, 0.1) is 17.6 Å². The van der Waals surface area contributed by atoms with Crippen LogP contribution in [0.4, 0.5) is 10.1 Å². The number of allylic oxidation sites excluding steroid dienone is 1. The van der Waals surface area contributed by atoms with Gasteiger partial charge in [0.1, 0.15) is 5.69 Å². The van der Waals surface area contributed by atoms with E-state index in [1.165, 1.54) is 6.07 Å². The number of halogens is 1. The molecule has 0 atom stereocenters.